The van der Waals surface area contributed by atoms with Crippen molar-refractivity contribution < 1.29 is 4.79 Å². The normalized spacial score (nSPS) is 17.9. The third kappa shape index (κ3) is 2.52. The number of aromatic nitrogens is 1. The molecule has 2 heterocycles. The van der Waals surface area contributed by atoms with Crippen molar-refractivity contribution in [1.82, 2.24) is 4.98 Å². The SMILES string of the molecule is N#Cc1cnc2ccccc2c1N1CCC(CC(N)=O)C1. The van der Waals surface area contributed by atoms with Gasteiger partial charge in [-0.2, -0.15) is 5.26 Å². The lowest BCUT2D eigenvalue weighted by molar-refractivity contribution is -0.118. The van der Waals surface area contributed by atoms with Crippen LogP contribution in [0.4, 0.5) is 5.69 Å². The predicted octanol–water partition coefficient (Wildman–Crippen LogP) is 1.81. The minimum atomic E-state index is -0.262. The van der Waals surface area contributed by atoms with Gasteiger partial charge in [-0.25, -0.2) is 0 Å². The molecule has 3 rings (SSSR count). The van der Waals surface area contributed by atoms with Gasteiger partial charge in [-0.1, -0.05) is 18.2 Å². The summed E-state index contributed by atoms with van der Waals surface area (Å²) < 4.78 is 0. The number of primary amides is 1. The first-order valence-corrected chi connectivity index (χ1v) is 7.00. The van der Waals surface area contributed by atoms with Gasteiger partial charge in [-0.15, -0.1) is 0 Å². The summed E-state index contributed by atoms with van der Waals surface area (Å²) in [7, 11) is 0. The van der Waals surface area contributed by atoms with Gasteiger partial charge >= 0.3 is 0 Å². The van der Waals surface area contributed by atoms with E-state index in [4.69, 9.17) is 5.73 Å². The van der Waals surface area contributed by atoms with Gasteiger partial charge in [-0.05, 0) is 18.4 Å². The Labute approximate surface area is 123 Å². The second kappa shape index (κ2) is 5.41. The van der Waals surface area contributed by atoms with E-state index in [1.54, 1.807) is 6.20 Å². The summed E-state index contributed by atoms with van der Waals surface area (Å²) in [4.78, 5) is 17.6. The highest BCUT2D eigenvalue weighted by Gasteiger charge is 2.26. The lowest BCUT2D eigenvalue weighted by Crippen LogP contribution is -2.23. The largest absolute Gasteiger partial charge is 0.370 e. The summed E-state index contributed by atoms with van der Waals surface area (Å²) >= 11 is 0. The molecular formula is C16H16N4O. The first-order valence-electron chi connectivity index (χ1n) is 7.00. The third-order valence-electron chi connectivity index (χ3n) is 3.96. The number of nitrogens with zero attached hydrogens (tertiary/aromatic N) is 3. The van der Waals surface area contributed by atoms with Gasteiger partial charge < -0.3 is 10.6 Å². The highest BCUT2D eigenvalue weighted by molar-refractivity contribution is 5.94. The molecule has 1 aliphatic heterocycles. The molecule has 1 fully saturated rings. The van der Waals surface area contributed by atoms with E-state index in [9.17, 15) is 10.1 Å². The molecule has 21 heavy (non-hydrogen) atoms. The minimum Gasteiger partial charge on any atom is -0.370 e. The van der Waals surface area contributed by atoms with Crippen LogP contribution < -0.4 is 10.6 Å². The molecule has 1 aromatic heterocycles. The molecule has 1 aliphatic rings. The molecular weight excluding hydrogens is 264 g/mol. The molecule has 1 unspecified atom stereocenters. The Kier molecular flexibility index (Phi) is 3.44. The first kappa shape index (κ1) is 13.4. The number of para-hydroxylation sites is 1. The molecule has 1 aromatic carbocycles. The maximum atomic E-state index is 11.1. The fourth-order valence-electron chi connectivity index (χ4n) is 3.04. The molecule has 5 heteroatoms. The summed E-state index contributed by atoms with van der Waals surface area (Å²) in [5, 5.41) is 10.3. The zero-order chi connectivity index (χ0) is 14.8. The average Bonchev–Trinajstić information content (AvgIpc) is 2.93. The molecule has 1 amide bonds. The van der Waals surface area contributed by atoms with Crippen molar-refractivity contribution in [3.8, 4) is 6.07 Å². The smallest absolute Gasteiger partial charge is 0.217 e. The second-order valence-corrected chi connectivity index (χ2v) is 5.42. The Hall–Kier alpha value is -2.61. The lowest BCUT2D eigenvalue weighted by Gasteiger charge is -2.21. The second-order valence-electron chi connectivity index (χ2n) is 5.42. The van der Waals surface area contributed by atoms with E-state index in [0.29, 0.717) is 12.0 Å². The summed E-state index contributed by atoms with van der Waals surface area (Å²) in [6, 6.07) is 10.0. The number of pyridine rings is 1. The molecule has 0 radical (unpaired) electrons. The molecule has 5 nitrogen and oxygen atoms in total. The fraction of sp³-hybridized carbons (Fsp3) is 0.312. The average molecular weight is 280 g/mol. The van der Waals surface area contributed by atoms with Crippen LogP contribution in [0.3, 0.4) is 0 Å². The Bertz CT molecular complexity index is 735. The predicted molar refractivity (Wildman–Crippen MR) is 80.6 cm³/mol. The van der Waals surface area contributed by atoms with Crippen molar-refractivity contribution in [2.24, 2.45) is 11.7 Å². The van der Waals surface area contributed by atoms with Crippen LogP contribution in [0.1, 0.15) is 18.4 Å². The number of carbonyl (C=O) groups excluding carboxylic acids is 1. The molecule has 0 bridgehead atoms. The van der Waals surface area contributed by atoms with E-state index in [1.807, 2.05) is 24.3 Å². The van der Waals surface area contributed by atoms with Crippen LogP contribution in [-0.4, -0.2) is 24.0 Å². The number of benzene rings is 1. The van der Waals surface area contributed by atoms with Gasteiger partial charge in [0, 0.05) is 31.1 Å². The first-order chi connectivity index (χ1) is 10.2. The molecule has 0 spiro atoms. The standard InChI is InChI=1S/C16H16N4O/c17-8-12-9-19-14-4-2-1-3-13(14)16(12)20-6-5-11(10-20)7-15(18)21/h1-4,9,11H,5-7,10H2,(H2,18,21). The van der Waals surface area contributed by atoms with Crippen molar-refractivity contribution in [3.63, 3.8) is 0 Å². The Morgan fingerprint density at radius 1 is 1.48 bits per heavy atom. The zero-order valence-corrected chi connectivity index (χ0v) is 11.6. The van der Waals surface area contributed by atoms with Gasteiger partial charge in [0.05, 0.1) is 16.8 Å². The lowest BCUT2D eigenvalue weighted by atomic mass is 10.0. The Balaban J connectivity index is 2.00. The number of fused-ring (bicyclic) bond motifs is 1. The summed E-state index contributed by atoms with van der Waals surface area (Å²) in [6.45, 7) is 1.59. The van der Waals surface area contributed by atoms with Gasteiger partial charge in [0.25, 0.3) is 0 Å². The zero-order valence-electron chi connectivity index (χ0n) is 11.6. The van der Waals surface area contributed by atoms with Crippen LogP contribution >= 0.6 is 0 Å². The summed E-state index contributed by atoms with van der Waals surface area (Å²) in [5.41, 5.74) is 7.67. The van der Waals surface area contributed by atoms with E-state index in [2.05, 4.69) is 16.0 Å². The van der Waals surface area contributed by atoms with Crippen LogP contribution in [0.15, 0.2) is 30.5 Å². The number of rotatable bonds is 3. The van der Waals surface area contributed by atoms with E-state index in [1.165, 1.54) is 0 Å². The molecule has 1 atom stereocenters. The monoisotopic (exact) mass is 280 g/mol. The molecule has 106 valence electrons. The van der Waals surface area contributed by atoms with Crippen molar-refractivity contribution in [3.05, 3.63) is 36.0 Å². The minimum absolute atomic E-state index is 0.262. The summed E-state index contributed by atoms with van der Waals surface area (Å²) in [6.07, 6.45) is 2.95. The van der Waals surface area contributed by atoms with Gasteiger partial charge in [0.2, 0.25) is 5.91 Å². The van der Waals surface area contributed by atoms with E-state index < -0.39 is 0 Å². The third-order valence-corrected chi connectivity index (χ3v) is 3.96. The molecule has 2 N–H and O–H groups in total. The van der Waals surface area contributed by atoms with Gasteiger partial charge in [0.15, 0.2) is 0 Å². The van der Waals surface area contributed by atoms with Crippen molar-refractivity contribution in [2.45, 2.75) is 12.8 Å². The Morgan fingerprint density at radius 3 is 3.05 bits per heavy atom. The topological polar surface area (TPSA) is 83.0 Å². The number of nitriles is 1. The number of hydrogen-bond donors (Lipinski definition) is 1. The number of amides is 1. The highest BCUT2D eigenvalue weighted by Crippen LogP contribution is 2.33. The maximum Gasteiger partial charge on any atom is 0.217 e. The molecule has 2 aromatic rings. The van der Waals surface area contributed by atoms with E-state index in [-0.39, 0.29) is 11.8 Å². The highest BCUT2D eigenvalue weighted by atomic mass is 16.1. The number of hydrogen-bond acceptors (Lipinski definition) is 4. The van der Waals surface area contributed by atoms with Gasteiger partial charge in [0.1, 0.15) is 6.07 Å². The van der Waals surface area contributed by atoms with Crippen LogP contribution in [0, 0.1) is 17.2 Å². The van der Waals surface area contributed by atoms with Crippen LogP contribution in [0.25, 0.3) is 10.9 Å². The molecule has 1 saturated heterocycles. The van der Waals surface area contributed by atoms with Crippen molar-refractivity contribution in [1.29, 1.82) is 5.26 Å². The fourth-order valence-corrected chi connectivity index (χ4v) is 3.04. The van der Waals surface area contributed by atoms with E-state index in [0.717, 1.165) is 36.1 Å². The van der Waals surface area contributed by atoms with Crippen LogP contribution in [-0.2, 0) is 4.79 Å². The number of anilines is 1. The Morgan fingerprint density at radius 2 is 2.29 bits per heavy atom. The van der Waals surface area contributed by atoms with Gasteiger partial charge in [-0.3, -0.25) is 9.78 Å². The van der Waals surface area contributed by atoms with Crippen LogP contribution in [0.5, 0.6) is 0 Å². The number of carbonyl (C=O) groups is 1. The molecule has 0 saturated carbocycles. The van der Waals surface area contributed by atoms with Crippen LogP contribution in [0.2, 0.25) is 0 Å². The summed E-state index contributed by atoms with van der Waals surface area (Å²) in [5.74, 6) is 0.00270. The quantitative estimate of drug-likeness (QED) is 0.929. The van der Waals surface area contributed by atoms with E-state index >= 15 is 0 Å². The molecule has 0 aliphatic carbocycles. The maximum absolute atomic E-state index is 11.1. The number of nitrogens with two attached hydrogens (primary N) is 1. The van der Waals surface area contributed by atoms with Crippen molar-refractivity contribution in [2.75, 3.05) is 18.0 Å². The van der Waals surface area contributed by atoms with Crippen molar-refractivity contribution >= 4 is 22.5 Å².